The van der Waals surface area contributed by atoms with Crippen LogP contribution in [-0.2, 0) is 13.0 Å². The first kappa shape index (κ1) is 15.4. The van der Waals surface area contributed by atoms with Gasteiger partial charge in [0.25, 0.3) is 0 Å². The third-order valence-electron chi connectivity index (χ3n) is 4.64. The Morgan fingerprint density at radius 1 is 1.33 bits per heavy atom. The number of fused-ring (bicyclic) bond motifs is 1. The van der Waals surface area contributed by atoms with Crippen molar-refractivity contribution in [1.29, 1.82) is 0 Å². The van der Waals surface area contributed by atoms with Crippen LogP contribution in [0.25, 0.3) is 11.0 Å². The number of aromatic nitrogens is 2. The Morgan fingerprint density at radius 3 is 3.08 bits per heavy atom. The van der Waals surface area contributed by atoms with E-state index in [9.17, 15) is 5.11 Å². The summed E-state index contributed by atoms with van der Waals surface area (Å²) in [5.41, 5.74) is 1.25. The van der Waals surface area contributed by atoms with Crippen LogP contribution in [-0.4, -0.2) is 38.8 Å². The number of nitrogens with zero attached hydrogens (tertiary/aromatic N) is 3. The van der Waals surface area contributed by atoms with Crippen molar-refractivity contribution in [3.8, 4) is 0 Å². The zero-order chi connectivity index (χ0) is 16.6. The third kappa shape index (κ3) is 3.07. The van der Waals surface area contributed by atoms with Gasteiger partial charge >= 0.3 is 0 Å². The second-order valence-corrected chi connectivity index (χ2v) is 6.71. The second-order valence-electron chi connectivity index (χ2n) is 6.71. The van der Waals surface area contributed by atoms with E-state index in [1.165, 1.54) is 0 Å². The van der Waals surface area contributed by atoms with Crippen molar-refractivity contribution in [3.05, 3.63) is 47.8 Å². The number of benzene rings is 1. The van der Waals surface area contributed by atoms with Crippen molar-refractivity contribution in [2.24, 2.45) is 0 Å². The molecule has 126 valence electrons. The van der Waals surface area contributed by atoms with E-state index in [0.29, 0.717) is 24.7 Å². The van der Waals surface area contributed by atoms with E-state index in [1.807, 2.05) is 18.2 Å². The standard InChI is InChI=1S/C18H21N3O3/c1-13-19-16(24-20-13)10-18(22)7-3-8-21(12-18)11-15-5-2-4-14-6-9-23-17(14)15/h2,4-6,9,22H,3,7-8,10-12H2,1H3. The average Bonchev–Trinajstić information content (AvgIpc) is 3.16. The SMILES string of the molecule is Cc1noc(CC2(O)CCCN(Cc3cccc4ccoc34)C2)n1. The van der Waals surface area contributed by atoms with Crippen LogP contribution in [0.1, 0.15) is 30.1 Å². The van der Waals surface area contributed by atoms with Crippen LogP contribution >= 0.6 is 0 Å². The molecule has 6 nitrogen and oxygen atoms in total. The van der Waals surface area contributed by atoms with E-state index in [1.54, 1.807) is 13.2 Å². The van der Waals surface area contributed by atoms with Gasteiger partial charge in [0.15, 0.2) is 5.82 Å². The Labute approximate surface area is 140 Å². The van der Waals surface area contributed by atoms with Gasteiger partial charge < -0.3 is 14.0 Å². The largest absolute Gasteiger partial charge is 0.464 e. The lowest BCUT2D eigenvalue weighted by atomic mass is 9.89. The second kappa shape index (κ2) is 6.03. The molecule has 24 heavy (non-hydrogen) atoms. The van der Waals surface area contributed by atoms with E-state index < -0.39 is 5.60 Å². The van der Waals surface area contributed by atoms with E-state index in [-0.39, 0.29) is 0 Å². The molecule has 4 rings (SSSR count). The van der Waals surface area contributed by atoms with E-state index in [0.717, 1.165) is 42.5 Å². The summed E-state index contributed by atoms with van der Waals surface area (Å²) in [5.74, 6) is 1.11. The number of likely N-dealkylation sites (tertiary alicyclic amines) is 1. The maximum atomic E-state index is 11.0. The molecule has 1 aliphatic rings. The summed E-state index contributed by atoms with van der Waals surface area (Å²) >= 11 is 0. The Hall–Kier alpha value is -2.18. The van der Waals surface area contributed by atoms with Gasteiger partial charge in [-0.15, -0.1) is 0 Å². The van der Waals surface area contributed by atoms with Gasteiger partial charge in [0.05, 0.1) is 18.3 Å². The highest BCUT2D eigenvalue weighted by atomic mass is 16.5. The molecule has 1 aromatic carbocycles. The normalized spacial score (nSPS) is 22.2. The quantitative estimate of drug-likeness (QED) is 0.794. The Morgan fingerprint density at radius 2 is 2.25 bits per heavy atom. The van der Waals surface area contributed by atoms with Crippen molar-refractivity contribution in [2.75, 3.05) is 13.1 Å². The summed E-state index contributed by atoms with van der Waals surface area (Å²) in [6.45, 7) is 4.10. The molecule has 0 saturated carbocycles. The first-order chi connectivity index (χ1) is 11.6. The fraction of sp³-hybridized carbons (Fsp3) is 0.444. The molecule has 1 fully saturated rings. The van der Waals surface area contributed by atoms with Crippen LogP contribution in [0.5, 0.6) is 0 Å². The Balaban J connectivity index is 1.49. The highest BCUT2D eigenvalue weighted by Crippen LogP contribution is 2.28. The fourth-order valence-corrected chi connectivity index (χ4v) is 3.60. The molecule has 1 aliphatic heterocycles. The van der Waals surface area contributed by atoms with Gasteiger partial charge in [-0.3, -0.25) is 4.90 Å². The molecular formula is C18H21N3O3. The number of hydrogen-bond donors (Lipinski definition) is 1. The molecule has 6 heteroatoms. The fourth-order valence-electron chi connectivity index (χ4n) is 3.60. The molecule has 1 N–H and O–H groups in total. The number of hydrogen-bond acceptors (Lipinski definition) is 6. The summed E-state index contributed by atoms with van der Waals surface area (Å²) < 4.78 is 10.8. The number of aryl methyl sites for hydroxylation is 1. The lowest BCUT2D eigenvalue weighted by molar-refractivity contribution is -0.0373. The van der Waals surface area contributed by atoms with Crippen LogP contribution in [0.4, 0.5) is 0 Å². The summed E-state index contributed by atoms with van der Waals surface area (Å²) in [6, 6.07) is 8.15. The molecule has 0 bridgehead atoms. The van der Waals surface area contributed by atoms with Crippen LogP contribution < -0.4 is 0 Å². The van der Waals surface area contributed by atoms with Gasteiger partial charge in [-0.2, -0.15) is 4.98 Å². The summed E-state index contributed by atoms with van der Waals surface area (Å²) in [6.07, 6.45) is 3.81. The molecule has 0 aliphatic carbocycles. The molecule has 0 radical (unpaired) electrons. The summed E-state index contributed by atoms with van der Waals surface area (Å²) in [4.78, 5) is 6.49. The van der Waals surface area contributed by atoms with Gasteiger partial charge in [-0.25, -0.2) is 0 Å². The van der Waals surface area contributed by atoms with Crippen molar-refractivity contribution < 1.29 is 14.0 Å². The zero-order valence-corrected chi connectivity index (χ0v) is 13.7. The van der Waals surface area contributed by atoms with Crippen LogP contribution in [0, 0.1) is 6.92 Å². The maximum absolute atomic E-state index is 11.0. The van der Waals surface area contributed by atoms with Crippen LogP contribution in [0.15, 0.2) is 39.5 Å². The topological polar surface area (TPSA) is 75.5 Å². The highest BCUT2D eigenvalue weighted by molar-refractivity contribution is 5.80. The first-order valence-electron chi connectivity index (χ1n) is 8.30. The van der Waals surface area contributed by atoms with Gasteiger partial charge in [0.1, 0.15) is 5.58 Å². The first-order valence-corrected chi connectivity index (χ1v) is 8.30. The Bertz CT molecular complexity index is 841. The average molecular weight is 327 g/mol. The minimum absolute atomic E-state index is 0.398. The molecule has 2 aromatic heterocycles. The number of para-hydroxylation sites is 1. The molecule has 3 aromatic rings. The van der Waals surface area contributed by atoms with Crippen molar-refractivity contribution in [2.45, 2.75) is 38.3 Å². The van der Waals surface area contributed by atoms with Gasteiger partial charge in [-0.05, 0) is 32.4 Å². The highest BCUT2D eigenvalue weighted by Gasteiger charge is 2.35. The molecule has 3 heterocycles. The van der Waals surface area contributed by atoms with Gasteiger partial charge in [0.2, 0.25) is 5.89 Å². The minimum atomic E-state index is -0.825. The lowest BCUT2D eigenvalue weighted by Crippen LogP contribution is -2.49. The molecule has 1 unspecified atom stereocenters. The molecular weight excluding hydrogens is 306 g/mol. The minimum Gasteiger partial charge on any atom is -0.464 e. The number of rotatable bonds is 4. The van der Waals surface area contributed by atoms with Crippen molar-refractivity contribution >= 4 is 11.0 Å². The molecule has 1 atom stereocenters. The number of piperidine rings is 1. The molecule has 0 spiro atoms. The van der Waals surface area contributed by atoms with Crippen LogP contribution in [0.3, 0.4) is 0 Å². The number of β-amino-alcohol motifs (C(OH)–C–C–N with tert-alkyl or cyclic N) is 1. The van der Waals surface area contributed by atoms with E-state index in [2.05, 4.69) is 21.1 Å². The Kier molecular flexibility index (Phi) is 3.86. The predicted molar refractivity (Wildman–Crippen MR) is 88.4 cm³/mol. The van der Waals surface area contributed by atoms with Crippen molar-refractivity contribution in [1.82, 2.24) is 15.0 Å². The number of aliphatic hydroxyl groups is 1. The monoisotopic (exact) mass is 327 g/mol. The van der Waals surface area contributed by atoms with E-state index >= 15 is 0 Å². The summed E-state index contributed by atoms with van der Waals surface area (Å²) in [5, 5.41) is 15.9. The smallest absolute Gasteiger partial charge is 0.229 e. The van der Waals surface area contributed by atoms with Gasteiger partial charge in [-0.1, -0.05) is 23.4 Å². The van der Waals surface area contributed by atoms with Crippen LogP contribution in [0.2, 0.25) is 0 Å². The van der Waals surface area contributed by atoms with Crippen molar-refractivity contribution in [3.63, 3.8) is 0 Å². The zero-order valence-electron chi connectivity index (χ0n) is 13.7. The summed E-state index contributed by atoms with van der Waals surface area (Å²) in [7, 11) is 0. The lowest BCUT2D eigenvalue weighted by Gasteiger charge is -2.38. The third-order valence-corrected chi connectivity index (χ3v) is 4.64. The molecule has 1 saturated heterocycles. The predicted octanol–water partition coefficient (Wildman–Crippen LogP) is 2.69. The van der Waals surface area contributed by atoms with Gasteiger partial charge in [0, 0.05) is 24.0 Å². The molecule has 0 amide bonds. The number of furan rings is 1. The van der Waals surface area contributed by atoms with E-state index in [4.69, 9.17) is 8.94 Å². The maximum Gasteiger partial charge on any atom is 0.229 e.